The summed E-state index contributed by atoms with van der Waals surface area (Å²) < 4.78 is 0. The quantitative estimate of drug-likeness (QED) is 0.453. The first-order valence-electron chi connectivity index (χ1n) is 7.51. The third kappa shape index (κ3) is 4.32. The topological polar surface area (TPSA) is 58.4 Å². The van der Waals surface area contributed by atoms with Gasteiger partial charge < -0.3 is 0 Å². The van der Waals surface area contributed by atoms with E-state index in [2.05, 4.69) is 29.4 Å². The molecule has 0 heterocycles. The summed E-state index contributed by atoms with van der Waals surface area (Å²) in [5.74, 6) is 5.84. The van der Waals surface area contributed by atoms with Gasteiger partial charge in [-0.2, -0.15) is 0 Å². The highest BCUT2D eigenvalue weighted by atomic mass is 16.2. The lowest BCUT2D eigenvalue weighted by Crippen LogP contribution is -2.32. The maximum Gasteiger partial charge on any atom is 0.238 e. The van der Waals surface area contributed by atoms with E-state index in [0.717, 1.165) is 24.6 Å². The normalized spacial score (nSPS) is 15.2. The Labute approximate surface area is 121 Å². The van der Waals surface area contributed by atoms with Gasteiger partial charge in [0.1, 0.15) is 0 Å². The molecule has 4 nitrogen and oxygen atoms in total. The molecule has 1 amide bonds. The van der Waals surface area contributed by atoms with Crippen LogP contribution in [0.1, 0.15) is 37.3 Å². The largest absolute Gasteiger partial charge is 0.299 e. The average Bonchev–Trinajstić information content (AvgIpc) is 2.43. The van der Waals surface area contributed by atoms with Gasteiger partial charge >= 0.3 is 0 Å². The second kappa shape index (κ2) is 7.41. The number of hydrogen-bond acceptors (Lipinski definition) is 3. The summed E-state index contributed by atoms with van der Waals surface area (Å²) in [5, 5.41) is 0. The molecule has 110 valence electrons. The van der Waals surface area contributed by atoms with Crippen LogP contribution in [-0.2, 0) is 17.8 Å². The second-order valence-electron chi connectivity index (χ2n) is 5.69. The van der Waals surface area contributed by atoms with E-state index in [1.807, 2.05) is 12.1 Å². The molecular weight excluding hydrogens is 250 g/mol. The summed E-state index contributed by atoms with van der Waals surface area (Å²) in [7, 11) is 0. The summed E-state index contributed by atoms with van der Waals surface area (Å²) in [6, 6.07) is 8.26. The van der Waals surface area contributed by atoms with Crippen LogP contribution in [0.25, 0.3) is 0 Å². The van der Waals surface area contributed by atoms with Crippen molar-refractivity contribution in [2.24, 2.45) is 11.8 Å². The molecule has 0 aliphatic heterocycles. The number of hydrogen-bond donors (Lipinski definition) is 2. The molecule has 4 heteroatoms. The number of amides is 1. The molecule has 0 atom stereocenters. The van der Waals surface area contributed by atoms with E-state index in [-0.39, 0.29) is 5.91 Å². The van der Waals surface area contributed by atoms with E-state index in [9.17, 15) is 4.79 Å². The summed E-state index contributed by atoms with van der Waals surface area (Å²) in [4.78, 5) is 13.7. The average molecular weight is 275 g/mol. The molecule has 1 aromatic carbocycles. The Morgan fingerprint density at radius 1 is 1.30 bits per heavy atom. The molecule has 0 saturated heterocycles. The standard InChI is InChI=1S/C16H25N3O/c1-2-19(11-14-4-3-5-14)12-15-8-6-13(7-9-15)10-16(20)18-17/h6-9,14H,2-5,10-12,17H2,1H3,(H,18,20). The van der Waals surface area contributed by atoms with E-state index in [4.69, 9.17) is 5.84 Å². The van der Waals surface area contributed by atoms with Crippen molar-refractivity contribution in [2.75, 3.05) is 13.1 Å². The number of nitrogens with two attached hydrogens (primary N) is 1. The van der Waals surface area contributed by atoms with Crippen molar-refractivity contribution in [1.29, 1.82) is 0 Å². The number of rotatable bonds is 7. The smallest absolute Gasteiger partial charge is 0.238 e. The molecular formula is C16H25N3O. The number of carbonyl (C=O) groups excluding carboxylic acids is 1. The van der Waals surface area contributed by atoms with Crippen LogP contribution >= 0.6 is 0 Å². The predicted octanol–water partition coefficient (Wildman–Crippen LogP) is 1.84. The minimum Gasteiger partial charge on any atom is -0.299 e. The summed E-state index contributed by atoms with van der Waals surface area (Å²) >= 11 is 0. The van der Waals surface area contributed by atoms with Gasteiger partial charge in [-0.05, 0) is 36.4 Å². The van der Waals surface area contributed by atoms with Gasteiger partial charge in [0.15, 0.2) is 0 Å². The Morgan fingerprint density at radius 2 is 1.95 bits per heavy atom. The first kappa shape index (κ1) is 15.0. The summed E-state index contributed by atoms with van der Waals surface area (Å²) in [6.45, 7) is 5.52. The molecule has 1 fully saturated rings. The van der Waals surface area contributed by atoms with Gasteiger partial charge in [-0.15, -0.1) is 0 Å². The predicted molar refractivity (Wildman–Crippen MR) is 80.8 cm³/mol. The molecule has 20 heavy (non-hydrogen) atoms. The Bertz CT molecular complexity index is 426. The van der Waals surface area contributed by atoms with Crippen molar-refractivity contribution in [1.82, 2.24) is 10.3 Å². The summed E-state index contributed by atoms with van der Waals surface area (Å²) in [5.41, 5.74) is 4.46. The molecule has 0 aromatic heterocycles. The highest BCUT2D eigenvalue weighted by Gasteiger charge is 2.19. The Hall–Kier alpha value is -1.39. The number of nitrogens with one attached hydrogen (secondary N) is 1. The third-order valence-electron chi connectivity index (χ3n) is 4.14. The molecule has 1 aliphatic rings. The van der Waals surface area contributed by atoms with E-state index in [1.165, 1.54) is 31.4 Å². The zero-order valence-corrected chi connectivity index (χ0v) is 12.3. The van der Waals surface area contributed by atoms with E-state index in [1.54, 1.807) is 0 Å². The van der Waals surface area contributed by atoms with Gasteiger partial charge in [0, 0.05) is 13.1 Å². The number of nitrogens with zero attached hydrogens (tertiary/aromatic N) is 1. The fourth-order valence-electron chi connectivity index (χ4n) is 2.60. The van der Waals surface area contributed by atoms with Gasteiger partial charge in [0.25, 0.3) is 0 Å². The Balaban J connectivity index is 1.86. The molecule has 1 aromatic rings. The first-order valence-corrected chi connectivity index (χ1v) is 7.51. The first-order chi connectivity index (χ1) is 9.71. The Morgan fingerprint density at radius 3 is 2.45 bits per heavy atom. The molecule has 0 bridgehead atoms. The van der Waals surface area contributed by atoms with Crippen LogP contribution in [0.5, 0.6) is 0 Å². The van der Waals surface area contributed by atoms with Crippen LogP contribution in [-0.4, -0.2) is 23.9 Å². The lowest BCUT2D eigenvalue weighted by atomic mass is 9.85. The monoisotopic (exact) mass is 275 g/mol. The van der Waals surface area contributed by atoms with Gasteiger partial charge in [-0.1, -0.05) is 37.6 Å². The van der Waals surface area contributed by atoms with Crippen molar-refractivity contribution < 1.29 is 4.79 Å². The number of benzene rings is 1. The van der Waals surface area contributed by atoms with Crippen LogP contribution in [0.15, 0.2) is 24.3 Å². The zero-order chi connectivity index (χ0) is 14.4. The van der Waals surface area contributed by atoms with Crippen molar-refractivity contribution in [3.8, 4) is 0 Å². The summed E-state index contributed by atoms with van der Waals surface area (Å²) in [6.07, 6.45) is 4.53. The molecule has 0 spiro atoms. The van der Waals surface area contributed by atoms with Gasteiger partial charge in [-0.3, -0.25) is 15.1 Å². The minimum absolute atomic E-state index is 0.155. The third-order valence-corrected chi connectivity index (χ3v) is 4.14. The van der Waals surface area contributed by atoms with Crippen LogP contribution in [0.3, 0.4) is 0 Å². The Kier molecular flexibility index (Phi) is 5.56. The highest BCUT2D eigenvalue weighted by molar-refractivity contribution is 5.77. The maximum atomic E-state index is 11.2. The van der Waals surface area contributed by atoms with Gasteiger partial charge in [0.05, 0.1) is 6.42 Å². The highest BCUT2D eigenvalue weighted by Crippen LogP contribution is 2.27. The van der Waals surface area contributed by atoms with E-state index in [0.29, 0.717) is 6.42 Å². The fraction of sp³-hybridized carbons (Fsp3) is 0.562. The molecule has 1 saturated carbocycles. The van der Waals surface area contributed by atoms with Crippen LogP contribution in [0.4, 0.5) is 0 Å². The molecule has 0 radical (unpaired) electrons. The maximum absolute atomic E-state index is 11.2. The van der Waals surface area contributed by atoms with Crippen molar-refractivity contribution in [3.05, 3.63) is 35.4 Å². The van der Waals surface area contributed by atoms with Crippen LogP contribution in [0, 0.1) is 5.92 Å². The fourth-order valence-corrected chi connectivity index (χ4v) is 2.60. The van der Waals surface area contributed by atoms with Crippen LogP contribution in [0.2, 0.25) is 0 Å². The number of carbonyl (C=O) groups is 1. The number of hydrazine groups is 1. The van der Waals surface area contributed by atoms with Crippen LogP contribution < -0.4 is 11.3 Å². The molecule has 1 aliphatic carbocycles. The minimum atomic E-state index is -0.155. The molecule has 2 rings (SSSR count). The van der Waals surface area contributed by atoms with E-state index < -0.39 is 0 Å². The zero-order valence-electron chi connectivity index (χ0n) is 12.3. The molecule has 3 N–H and O–H groups in total. The lowest BCUT2D eigenvalue weighted by molar-refractivity contribution is -0.120. The lowest BCUT2D eigenvalue weighted by Gasteiger charge is -2.31. The van der Waals surface area contributed by atoms with Crippen molar-refractivity contribution >= 4 is 5.91 Å². The van der Waals surface area contributed by atoms with Gasteiger partial charge in [-0.25, -0.2) is 5.84 Å². The SMILES string of the molecule is CCN(Cc1ccc(CC(=O)NN)cc1)CC1CCC1. The van der Waals surface area contributed by atoms with E-state index >= 15 is 0 Å². The molecule has 0 unspecified atom stereocenters. The van der Waals surface area contributed by atoms with Crippen molar-refractivity contribution in [2.45, 2.75) is 39.2 Å². The van der Waals surface area contributed by atoms with Crippen molar-refractivity contribution in [3.63, 3.8) is 0 Å². The second-order valence-corrected chi connectivity index (χ2v) is 5.69. The van der Waals surface area contributed by atoms with Gasteiger partial charge in [0.2, 0.25) is 5.91 Å².